The lowest BCUT2D eigenvalue weighted by Crippen LogP contribution is -2.30. The van der Waals surface area contributed by atoms with Crippen molar-refractivity contribution in [3.63, 3.8) is 0 Å². The Labute approximate surface area is 140 Å². The highest BCUT2D eigenvalue weighted by Gasteiger charge is 2.22. The number of fused-ring (bicyclic) bond motifs is 1. The molecule has 3 N–H and O–H groups in total. The molecule has 0 radical (unpaired) electrons. The predicted octanol–water partition coefficient (Wildman–Crippen LogP) is 2.79. The van der Waals surface area contributed by atoms with Gasteiger partial charge in [0.2, 0.25) is 0 Å². The summed E-state index contributed by atoms with van der Waals surface area (Å²) in [4.78, 5) is 0.209. The highest BCUT2D eigenvalue weighted by molar-refractivity contribution is 7.92. The first-order chi connectivity index (χ1) is 11.0. The van der Waals surface area contributed by atoms with Crippen LogP contribution >= 0.6 is 11.6 Å². The quantitative estimate of drug-likeness (QED) is 0.886. The van der Waals surface area contributed by atoms with E-state index in [1.807, 2.05) is 0 Å². The van der Waals surface area contributed by atoms with Crippen LogP contribution in [-0.2, 0) is 16.4 Å². The Hall–Kier alpha value is -1.76. The zero-order valence-corrected chi connectivity index (χ0v) is 13.9. The predicted molar refractivity (Wildman–Crippen MR) is 90.5 cm³/mol. The molecule has 0 fully saturated rings. The SMILES string of the molecule is NCC1CCc2cc(S(=O)(=O)Nc3ccc(Cl)cc3)ccc2O1. The van der Waals surface area contributed by atoms with Crippen molar-refractivity contribution in [1.82, 2.24) is 0 Å². The number of halogens is 1. The molecule has 1 unspecified atom stereocenters. The summed E-state index contributed by atoms with van der Waals surface area (Å²) in [6.07, 6.45) is 1.54. The lowest BCUT2D eigenvalue weighted by Gasteiger charge is -2.25. The molecule has 0 aliphatic carbocycles. The summed E-state index contributed by atoms with van der Waals surface area (Å²) in [5.41, 5.74) is 6.96. The van der Waals surface area contributed by atoms with E-state index in [1.54, 1.807) is 36.4 Å². The second-order valence-electron chi connectivity index (χ2n) is 5.40. The molecule has 1 aliphatic heterocycles. The molecule has 0 amide bonds. The number of rotatable bonds is 4. The van der Waals surface area contributed by atoms with Crippen LogP contribution in [0.5, 0.6) is 5.75 Å². The molecule has 0 saturated heterocycles. The number of anilines is 1. The molecule has 7 heteroatoms. The maximum Gasteiger partial charge on any atom is 0.261 e. The standard InChI is InChI=1S/C16H17ClN2O3S/c17-12-2-4-13(5-3-12)19-23(20,21)15-7-8-16-11(9-15)1-6-14(10-18)22-16/h2-5,7-9,14,19H,1,6,10,18H2. The molecule has 122 valence electrons. The van der Waals surface area contributed by atoms with Crippen molar-refractivity contribution in [3.8, 4) is 5.75 Å². The number of hydrogen-bond donors (Lipinski definition) is 2. The van der Waals surface area contributed by atoms with E-state index in [-0.39, 0.29) is 11.0 Å². The van der Waals surface area contributed by atoms with Gasteiger partial charge in [-0.25, -0.2) is 8.42 Å². The number of nitrogens with one attached hydrogen (secondary N) is 1. The van der Waals surface area contributed by atoms with Crippen LogP contribution < -0.4 is 15.2 Å². The summed E-state index contributed by atoms with van der Waals surface area (Å²) >= 11 is 5.80. The third kappa shape index (κ3) is 3.60. The summed E-state index contributed by atoms with van der Waals surface area (Å²) in [6.45, 7) is 0.456. The van der Waals surface area contributed by atoms with Crippen LogP contribution in [0.15, 0.2) is 47.4 Å². The first-order valence-electron chi connectivity index (χ1n) is 7.26. The lowest BCUT2D eigenvalue weighted by atomic mass is 10.0. The summed E-state index contributed by atoms with van der Waals surface area (Å²) in [5.74, 6) is 0.706. The fourth-order valence-corrected chi connectivity index (χ4v) is 3.72. The Morgan fingerprint density at radius 1 is 1.22 bits per heavy atom. The van der Waals surface area contributed by atoms with E-state index in [9.17, 15) is 8.42 Å². The van der Waals surface area contributed by atoms with Gasteiger partial charge >= 0.3 is 0 Å². The highest BCUT2D eigenvalue weighted by atomic mass is 35.5. The topological polar surface area (TPSA) is 81.4 Å². The van der Waals surface area contributed by atoms with Gasteiger partial charge in [-0.2, -0.15) is 0 Å². The highest BCUT2D eigenvalue weighted by Crippen LogP contribution is 2.30. The molecule has 2 aromatic rings. The molecule has 0 saturated carbocycles. The Morgan fingerprint density at radius 3 is 2.65 bits per heavy atom. The van der Waals surface area contributed by atoms with Crippen molar-refractivity contribution >= 4 is 27.3 Å². The minimum atomic E-state index is -3.65. The molecular weight excluding hydrogens is 336 g/mol. The Kier molecular flexibility index (Phi) is 4.48. The average Bonchev–Trinajstić information content (AvgIpc) is 2.55. The first kappa shape index (κ1) is 16.1. The fourth-order valence-electron chi connectivity index (χ4n) is 2.49. The van der Waals surface area contributed by atoms with Gasteiger partial charge in [0.15, 0.2) is 0 Å². The van der Waals surface area contributed by atoms with Crippen LogP contribution in [0.1, 0.15) is 12.0 Å². The second kappa shape index (κ2) is 6.39. The summed E-state index contributed by atoms with van der Waals surface area (Å²) in [7, 11) is -3.65. The molecule has 23 heavy (non-hydrogen) atoms. The van der Waals surface area contributed by atoms with E-state index in [2.05, 4.69) is 4.72 Å². The molecule has 0 aromatic heterocycles. The van der Waals surface area contributed by atoms with Gasteiger partial charge in [-0.3, -0.25) is 4.72 Å². The van der Waals surface area contributed by atoms with Crippen LogP contribution in [0.3, 0.4) is 0 Å². The lowest BCUT2D eigenvalue weighted by molar-refractivity contribution is 0.181. The number of aryl methyl sites for hydroxylation is 1. The number of sulfonamides is 1. The maximum absolute atomic E-state index is 12.5. The van der Waals surface area contributed by atoms with Crippen LogP contribution in [0.25, 0.3) is 0 Å². The van der Waals surface area contributed by atoms with Crippen molar-refractivity contribution < 1.29 is 13.2 Å². The molecule has 5 nitrogen and oxygen atoms in total. The Bertz CT molecular complexity index is 807. The van der Waals surface area contributed by atoms with Crippen LogP contribution in [-0.4, -0.2) is 21.1 Å². The van der Waals surface area contributed by atoms with Crippen molar-refractivity contribution in [2.45, 2.75) is 23.8 Å². The largest absolute Gasteiger partial charge is 0.489 e. The van der Waals surface area contributed by atoms with Gasteiger partial charge < -0.3 is 10.5 Å². The van der Waals surface area contributed by atoms with Gasteiger partial charge in [0.05, 0.1) is 4.90 Å². The number of ether oxygens (including phenoxy) is 1. The van der Waals surface area contributed by atoms with E-state index < -0.39 is 10.0 Å². The summed E-state index contributed by atoms with van der Waals surface area (Å²) in [5, 5.41) is 0.549. The summed E-state index contributed by atoms with van der Waals surface area (Å²) < 4.78 is 33.2. The number of nitrogens with two attached hydrogens (primary N) is 1. The summed E-state index contributed by atoms with van der Waals surface area (Å²) in [6, 6.07) is 11.4. The average molecular weight is 353 g/mol. The zero-order chi connectivity index (χ0) is 16.4. The number of benzene rings is 2. The Balaban J connectivity index is 1.84. The normalized spacial score (nSPS) is 17.2. The first-order valence-corrected chi connectivity index (χ1v) is 9.12. The smallest absolute Gasteiger partial charge is 0.261 e. The van der Waals surface area contributed by atoms with Gasteiger partial charge in [0, 0.05) is 17.3 Å². The molecule has 0 bridgehead atoms. The minimum absolute atomic E-state index is 0.00264. The zero-order valence-electron chi connectivity index (χ0n) is 12.3. The van der Waals surface area contributed by atoms with Crippen molar-refractivity contribution in [3.05, 3.63) is 53.1 Å². The third-order valence-electron chi connectivity index (χ3n) is 3.73. The number of hydrogen-bond acceptors (Lipinski definition) is 4. The van der Waals surface area contributed by atoms with Crippen LogP contribution in [0, 0.1) is 0 Å². The van der Waals surface area contributed by atoms with Crippen molar-refractivity contribution in [2.75, 3.05) is 11.3 Å². The molecule has 1 heterocycles. The molecule has 0 spiro atoms. The van der Waals surface area contributed by atoms with Crippen molar-refractivity contribution in [1.29, 1.82) is 0 Å². The van der Waals surface area contributed by atoms with E-state index in [0.29, 0.717) is 23.0 Å². The van der Waals surface area contributed by atoms with E-state index in [0.717, 1.165) is 18.4 Å². The monoisotopic (exact) mass is 352 g/mol. The van der Waals surface area contributed by atoms with Gasteiger partial charge in [-0.15, -0.1) is 0 Å². The minimum Gasteiger partial charge on any atom is -0.489 e. The van der Waals surface area contributed by atoms with E-state index >= 15 is 0 Å². The third-order valence-corrected chi connectivity index (χ3v) is 5.36. The maximum atomic E-state index is 12.5. The molecule has 1 aliphatic rings. The van der Waals surface area contributed by atoms with Gasteiger partial charge in [-0.05, 0) is 60.9 Å². The molecular formula is C16H17ClN2O3S. The van der Waals surface area contributed by atoms with Crippen molar-refractivity contribution in [2.24, 2.45) is 5.73 Å². The Morgan fingerprint density at radius 2 is 1.96 bits per heavy atom. The van der Waals surface area contributed by atoms with Gasteiger partial charge in [-0.1, -0.05) is 11.6 Å². The molecule has 1 atom stereocenters. The van der Waals surface area contributed by atoms with Crippen LogP contribution in [0.4, 0.5) is 5.69 Å². The van der Waals surface area contributed by atoms with Crippen LogP contribution in [0.2, 0.25) is 5.02 Å². The van der Waals surface area contributed by atoms with Gasteiger partial charge in [0.1, 0.15) is 11.9 Å². The molecule has 3 rings (SSSR count). The van der Waals surface area contributed by atoms with Gasteiger partial charge in [0.25, 0.3) is 10.0 Å². The van der Waals surface area contributed by atoms with E-state index in [1.165, 1.54) is 6.07 Å². The second-order valence-corrected chi connectivity index (χ2v) is 7.51. The van der Waals surface area contributed by atoms with E-state index in [4.69, 9.17) is 22.1 Å². The fraction of sp³-hybridized carbons (Fsp3) is 0.250. The molecule has 2 aromatic carbocycles.